The summed E-state index contributed by atoms with van der Waals surface area (Å²) in [6.45, 7) is 4.15. The second-order valence-electron chi connectivity index (χ2n) is 5.38. The Morgan fingerprint density at radius 2 is 1.86 bits per heavy atom. The lowest BCUT2D eigenvalue weighted by Crippen LogP contribution is -2.05. The summed E-state index contributed by atoms with van der Waals surface area (Å²) < 4.78 is 11.5. The predicted molar refractivity (Wildman–Crippen MR) is 87.0 cm³/mol. The minimum absolute atomic E-state index is 0.629. The number of allylic oxidation sites excluding steroid dienone is 3. The molecule has 0 aromatic heterocycles. The summed E-state index contributed by atoms with van der Waals surface area (Å²) in [5.41, 5.74) is 2.59. The van der Waals surface area contributed by atoms with E-state index in [9.17, 15) is 0 Å². The normalized spacial score (nSPS) is 14.0. The summed E-state index contributed by atoms with van der Waals surface area (Å²) in [6.07, 6.45) is 10.4. The van der Waals surface area contributed by atoms with Crippen LogP contribution < -0.4 is 0 Å². The van der Waals surface area contributed by atoms with Gasteiger partial charge in [0.15, 0.2) is 0 Å². The molecule has 0 radical (unpaired) electrons. The van der Waals surface area contributed by atoms with Gasteiger partial charge in [0.1, 0.15) is 12.4 Å². The van der Waals surface area contributed by atoms with Crippen LogP contribution in [0, 0.1) is 0 Å². The van der Waals surface area contributed by atoms with Crippen molar-refractivity contribution in [2.45, 2.75) is 45.6 Å². The number of unbranched alkanes of at least 4 members (excludes halogenated alkanes) is 2. The van der Waals surface area contributed by atoms with Crippen molar-refractivity contribution in [3.05, 3.63) is 59.4 Å². The number of hydrogen-bond donors (Lipinski definition) is 0. The molecule has 1 aromatic carbocycles. The van der Waals surface area contributed by atoms with Gasteiger partial charge in [-0.3, -0.25) is 0 Å². The fourth-order valence-electron chi connectivity index (χ4n) is 2.46. The van der Waals surface area contributed by atoms with Crippen LogP contribution in [0.15, 0.2) is 53.8 Å². The average molecular weight is 286 g/mol. The highest BCUT2D eigenvalue weighted by molar-refractivity contribution is 5.32. The van der Waals surface area contributed by atoms with E-state index in [-0.39, 0.29) is 0 Å². The molecule has 114 valence electrons. The lowest BCUT2D eigenvalue weighted by molar-refractivity contribution is 0.0681. The van der Waals surface area contributed by atoms with Crippen molar-refractivity contribution in [2.75, 3.05) is 13.2 Å². The van der Waals surface area contributed by atoms with Crippen LogP contribution in [0.5, 0.6) is 0 Å². The highest BCUT2D eigenvalue weighted by Crippen LogP contribution is 2.25. The zero-order chi connectivity index (χ0) is 14.8. The highest BCUT2D eigenvalue weighted by atomic mass is 16.5. The van der Waals surface area contributed by atoms with Crippen molar-refractivity contribution in [2.24, 2.45) is 0 Å². The van der Waals surface area contributed by atoms with Crippen LogP contribution in [-0.2, 0) is 16.1 Å². The van der Waals surface area contributed by atoms with Crippen LogP contribution in [0.3, 0.4) is 0 Å². The van der Waals surface area contributed by atoms with E-state index in [0.717, 1.165) is 18.6 Å². The second-order valence-corrected chi connectivity index (χ2v) is 5.38. The Morgan fingerprint density at radius 3 is 2.67 bits per heavy atom. The molecule has 0 spiro atoms. The summed E-state index contributed by atoms with van der Waals surface area (Å²) in [4.78, 5) is 0. The Labute approximate surface area is 128 Å². The van der Waals surface area contributed by atoms with Gasteiger partial charge in [-0.25, -0.2) is 0 Å². The van der Waals surface area contributed by atoms with Gasteiger partial charge < -0.3 is 9.47 Å². The molecule has 21 heavy (non-hydrogen) atoms. The maximum atomic E-state index is 5.85. The number of ether oxygens (including phenoxy) is 2. The van der Waals surface area contributed by atoms with Crippen molar-refractivity contribution < 1.29 is 9.47 Å². The number of rotatable bonds is 10. The highest BCUT2D eigenvalue weighted by Gasteiger charge is 2.10. The molecule has 0 bridgehead atoms. The third-order valence-electron chi connectivity index (χ3n) is 3.63. The molecule has 2 rings (SSSR count). The Kier molecular flexibility index (Phi) is 7.10. The average Bonchev–Trinajstić information content (AvgIpc) is 2.96. The quantitative estimate of drug-likeness (QED) is 0.563. The molecule has 1 aliphatic rings. The third-order valence-corrected chi connectivity index (χ3v) is 3.63. The van der Waals surface area contributed by atoms with Gasteiger partial charge in [0.05, 0.1) is 13.2 Å². The van der Waals surface area contributed by atoms with Gasteiger partial charge in [-0.2, -0.15) is 0 Å². The van der Waals surface area contributed by atoms with Crippen molar-refractivity contribution in [1.82, 2.24) is 0 Å². The predicted octanol–water partition coefficient (Wildman–Crippen LogP) is 5.01. The topological polar surface area (TPSA) is 18.5 Å². The molecule has 0 amide bonds. The van der Waals surface area contributed by atoms with Crippen LogP contribution in [0.2, 0.25) is 0 Å². The van der Waals surface area contributed by atoms with Gasteiger partial charge >= 0.3 is 0 Å². The Bertz CT molecular complexity index is 460. The monoisotopic (exact) mass is 286 g/mol. The van der Waals surface area contributed by atoms with E-state index in [1.165, 1.54) is 30.4 Å². The van der Waals surface area contributed by atoms with Crippen LogP contribution >= 0.6 is 0 Å². The third kappa shape index (κ3) is 5.76. The molecule has 0 heterocycles. The van der Waals surface area contributed by atoms with Crippen LogP contribution in [0.1, 0.15) is 44.6 Å². The minimum atomic E-state index is 0.629. The summed E-state index contributed by atoms with van der Waals surface area (Å²) in [6, 6.07) is 10.2. The van der Waals surface area contributed by atoms with E-state index in [2.05, 4.69) is 31.2 Å². The van der Waals surface area contributed by atoms with E-state index in [1.54, 1.807) is 0 Å². The molecular weight excluding hydrogens is 260 g/mol. The fourth-order valence-corrected chi connectivity index (χ4v) is 2.46. The maximum Gasteiger partial charge on any atom is 0.118 e. The SMILES string of the molecule is CCCCCC1=CCC=C1OCCOCc1ccccc1. The molecule has 2 nitrogen and oxygen atoms in total. The first-order chi connectivity index (χ1) is 10.4. The zero-order valence-corrected chi connectivity index (χ0v) is 13.0. The second kappa shape index (κ2) is 9.41. The number of benzene rings is 1. The maximum absolute atomic E-state index is 5.85. The van der Waals surface area contributed by atoms with Gasteiger partial charge in [-0.15, -0.1) is 0 Å². The summed E-state index contributed by atoms with van der Waals surface area (Å²) >= 11 is 0. The van der Waals surface area contributed by atoms with Crippen molar-refractivity contribution in [1.29, 1.82) is 0 Å². The lowest BCUT2D eigenvalue weighted by Gasteiger charge is -2.11. The fraction of sp³-hybridized carbons (Fsp3) is 0.474. The summed E-state index contributed by atoms with van der Waals surface area (Å²) in [5, 5.41) is 0. The summed E-state index contributed by atoms with van der Waals surface area (Å²) in [7, 11) is 0. The molecule has 0 atom stereocenters. The molecule has 0 aliphatic heterocycles. The molecule has 0 saturated heterocycles. The molecule has 0 unspecified atom stereocenters. The van der Waals surface area contributed by atoms with Crippen molar-refractivity contribution >= 4 is 0 Å². The first kappa shape index (κ1) is 15.8. The minimum Gasteiger partial charge on any atom is -0.491 e. The molecule has 0 saturated carbocycles. The van der Waals surface area contributed by atoms with Gasteiger partial charge in [0.2, 0.25) is 0 Å². The smallest absolute Gasteiger partial charge is 0.118 e. The zero-order valence-electron chi connectivity index (χ0n) is 13.0. The molecular formula is C19H26O2. The largest absolute Gasteiger partial charge is 0.491 e. The van der Waals surface area contributed by atoms with E-state index < -0.39 is 0 Å². The van der Waals surface area contributed by atoms with E-state index >= 15 is 0 Å². The standard InChI is InChI=1S/C19H26O2/c1-2-3-5-11-18-12-8-13-19(18)21-15-14-20-16-17-9-6-4-7-10-17/h4,6-7,9-10,12-13H,2-3,5,8,11,14-16H2,1H3. The summed E-state index contributed by atoms with van der Waals surface area (Å²) in [5.74, 6) is 1.08. The Hall–Kier alpha value is -1.54. The van der Waals surface area contributed by atoms with Gasteiger partial charge in [0, 0.05) is 0 Å². The molecule has 1 aliphatic carbocycles. The van der Waals surface area contributed by atoms with Gasteiger partial charge in [-0.1, -0.05) is 56.2 Å². The number of hydrogen-bond acceptors (Lipinski definition) is 2. The molecule has 0 fully saturated rings. The first-order valence-electron chi connectivity index (χ1n) is 8.04. The van der Waals surface area contributed by atoms with Crippen LogP contribution in [0.4, 0.5) is 0 Å². The Balaban J connectivity index is 1.59. The van der Waals surface area contributed by atoms with Gasteiger partial charge in [0.25, 0.3) is 0 Å². The molecule has 1 aromatic rings. The van der Waals surface area contributed by atoms with Crippen molar-refractivity contribution in [3.8, 4) is 0 Å². The van der Waals surface area contributed by atoms with Crippen molar-refractivity contribution in [3.63, 3.8) is 0 Å². The molecule has 2 heteroatoms. The van der Waals surface area contributed by atoms with E-state index in [4.69, 9.17) is 9.47 Å². The molecule has 0 N–H and O–H groups in total. The van der Waals surface area contributed by atoms with E-state index in [1.807, 2.05) is 18.2 Å². The van der Waals surface area contributed by atoms with Crippen LogP contribution in [0.25, 0.3) is 0 Å². The van der Waals surface area contributed by atoms with E-state index in [0.29, 0.717) is 19.8 Å². The van der Waals surface area contributed by atoms with Crippen LogP contribution in [-0.4, -0.2) is 13.2 Å². The van der Waals surface area contributed by atoms with Gasteiger partial charge in [-0.05, 0) is 36.5 Å². The first-order valence-corrected chi connectivity index (χ1v) is 8.04. The Morgan fingerprint density at radius 1 is 1.00 bits per heavy atom. The lowest BCUT2D eigenvalue weighted by atomic mass is 10.1.